The first kappa shape index (κ1) is 84.6. The Morgan fingerprint density at radius 1 is 0.611 bits per heavy atom. The second-order valence-corrected chi connectivity index (χ2v) is 29.4. The molecule has 108 heavy (non-hydrogen) atoms. The average Bonchev–Trinajstić information content (AvgIpc) is 1.72. The predicted octanol–water partition coefficient (Wildman–Crippen LogP) is -1.34. The van der Waals surface area contributed by atoms with Crippen LogP contribution in [0.3, 0.4) is 0 Å². The number of phenols is 2. The van der Waals surface area contributed by atoms with Gasteiger partial charge in [0, 0.05) is 99.2 Å². The lowest BCUT2D eigenvalue weighted by molar-refractivity contribution is -0.139. The van der Waals surface area contributed by atoms with Crippen LogP contribution in [-0.4, -0.2) is 217 Å². The van der Waals surface area contributed by atoms with E-state index < -0.39 is 200 Å². The monoisotopic (exact) mass is 1540 g/mol. The van der Waals surface area contributed by atoms with Crippen molar-refractivity contribution in [3.05, 3.63) is 95.7 Å². The van der Waals surface area contributed by atoms with Crippen molar-refractivity contribution in [2.45, 2.75) is 182 Å². The number of rotatable bonds is 26. The minimum absolute atomic E-state index is 0.00780. The van der Waals surface area contributed by atoms with Gasteiger partial charge in [-0.3, -0.25) is 72.5 Å². The van der Waals surface area contributed by atoms with Crippen molar-refractivity contribution in [2.75, 3.05) is 37.7 Å². The Labute approximate surface area is 630 Å². The van der Waals surface area contributed by atoms with E-state index in [1.54, 1.807) is 30.5 Å². The van der Waals surface area contributed by atoms with Gasteiger partial charge in [-0.15, -0.1) is 0 Å². The second kappa shape index (κ2) is 42.6. The maximum absolute atomic E-state index is 15.3. The van der Waals surface area contributed by atoms with Crippen molar-refractivity contribution >= 4 is 121 Å². The number of hydrogen-bond donors (Lipinski definition) is 20. The van der Waals surface area contributed by atoms with E-state index >= 15 is 14.4 Å². The molecule has 1 aliphatic heterocycles. The highest BCUT2D eigenvalue weighted by atomic mass is 33.1. The molecule has 0 bridgehead atoms. The van der Waals surface area contributed by atoms with Crippen molar-refractivity contribution in [1.29, 1.82) is 5.41 Å². The molecule has 3 aliphatic rings. The molecular formula is C71H97N17O18S2. The highest BCUT2D eigenvalue weighted by Crippen LogP contribution is 2.30. The van der Waals surface area contributed by atoms with Gasteiger partial charge < -0.3 is 106 Å². The second-order valence-electron chi connectivity index (χ2n) is 26.8. The highest BCUT2D eigenvalue weighted by molar-refractivity contribution is 8.76. The molecule has 37 heteroatoms. The first-order valence-corrected chi connectivity index (χ1v) is 38.3. The third-order valence-corrected chi connectivity index (χ3v) is 21.1. The van der Waals surface area contributed by atoms with Gasteiger partial charge in [-0.05, 0) is 104 Å². The van der Waals surface area contributed by atoms with Crippen LogP contribution >= 0.6 is 21.6 Å². The number of para-hydroxylation sites is 1. The standard InChI is InChI=1S/C71H97N17O18S2/c72-29-27-58(93)88(43-10-3-4-11-43)36-57(92)80-51(32-39-15-19-44(89)20-16-39)66(102)86-55-38-108-107-37-54(62(73)98)85-65(101)50(24-26-60(96)97)82-68(104)53(34-42-35-78-47-13-6-5-12-46(42)47)83-64(100)49(23-25-59(94)95)79-56(91)28-31-76-63(99)48(14-7-30-77-71(74)75)81-67(103)52(33-40-17-21-45(90)22-18-40)84-70(106)61(87-69(55)105)41-8-1-2-9-41/h5-6,12-13,15-22,35,41,43,48-55,61,78,89-90H,1-4,7-11,14,23-34,36-38,72H2,(H2,73,98)(H,76,99)(H,79,91)(H,80,92)(H,81,103)(H,82,104)(H,83,100)(H,84,106)(H,85,101)(H,86,102)(H,87,105)(H,94,95)(H,96,97)(H4,74,75,77)/t48-,49-,50-,51-,52-,53-,54-,55-,61-/m0/s1. The largest absolute Gasteiger partial charge is 0.508 e. The zero-order chi connectivity index (χ0) is 78.4. The molecule has 1 saturated heterocycles. The first-order chi connectivity index (χ1) is 51.6. The Kier molecular flexibility index (Phi) is 33.4. The number of carboxylic acid groups (broad SMARTS) is 2. The summed E-state index contributed by atoms with van der Waals surface area (Å²) >= 11 is 0. The molecule has 4 aromatic rings. The van der Waals surface area contributed by atoms with E-state index in [0.29, 0.717) is 66.1 Å². The van der Waals surface area contributed by atoms with Gasteiger partial charge in [-0.1, -0.05) is 89.7 Å². The predicted molar refractivity (Wildman–Crippen MR) is 397 cm³/mol. The number of benzene rings is 3. The van der Waals surface area contributed by atoms with E-state index in [-0.39, 0.29) is 75.1 Å². The molecule has 586 valence electrons. The topological polar surface area (TPSA) is 573 Å². The number of aromatic amines is 1. The fourth-order valence-corrected chi connectivity index (χ4v) is 15.3. The zero-order valence-corrected chi connectivity index (χ0v) is 61.2. The molecule has 23 N–H and O–H groups in total. The number of nitrogens with one attached hydrogen (secondary N) is 13. The quantitative estimate of drug-likeness (QED) is 0.0150. The van der Waals surface area contributed by atoms with Gasteiger partial charge in [0.1, 0.15) is 65.9 Å². The van der Waals surface area contributed by atoms with Gasteiger partial charge in [0.25, 0.3) is 0 Å². The summed E-state index contributed by atoms with van der Waals surface area (Å²) in [6, 6.07) is 3.71. The first-order valence-electron chi connectivity index (χ1n) is 35.8. The van der Waals surface area contributed by atoms with Crippen LogP contribution in [0.15, 0.2) is 79.0 Å². The van der Waals surface area contributed by atoms with Crippen LogP contribution in [0, 0.1) is 11.3 Å². The Balaban J connectivity index is 1.28. The average molecular weight is 1540 g/mol. The lowest BCUT2D eigenvalue weighted by atomic mass is 9.95. The number of nitrogens with two attached hydrogens (primary N) is 3. The van der Waals surface area contributed by atoms with Crippen LogP contribution in [0.4, 0.5) is 0 Å². The Hall–Kier alpha value is -10.7. The number of aromatic hydroxyl groups is 2. The number of hydrogen-bond acceptors (Lipinski definition) is 20. The summed E-state index contributed by atoms with van der Waals surface area (Å²) in [4.78, 5) is 202. The minimum Gasteiger partial charge on any atom is -0.508 e. The van der Waals surface area contributed by atoms with Crippen molar-refractivity contribution in [3.63, 3.8) is 0 Å². The van der Waals surface area contributed by atoms with E-state index in [1.165, 1.54) is 53.4 Å². The number of H-pyrrole nitrogens is 1. The number of aromatic nitrogens is 1. The number of primary amides is 1. The molecule has 0 radical (unpaired) electrons. The molecular weight excluding hydrogens is 1440 g/mol. The molecule has 0 spiro atoms. The normalized spacial score (nSPS) is 22.1. The van der Waals surface area contributed by atoms with Gasteiger partial charge in [0.05, 0.1) is 6.54 Å². The number of phenolic OH excluding ortho intramolecular Hbond substituents is 2. The zero-order valence-electron chi connectivity index (χ0n) is 59.5. The van der Waals surface area contributed by atoms with E-state index in [9.17, 15) is 73.2 Å². The molecule has 0 unspecified atom stereocenters. The summed E-state index contributed by atoms with van der Waals surface area (Å²) in [6.07, 6.45) is 2.37. The molecule has 3 fully saturated rings. The van der Waals surface area contributed by atoms with Crippen LogP contribution in [0.25, 0.3) is 10.9 Å². The molecule has 12 amide bonds. The summed E-state index contributed by atoms with van der Waals surface area (Å²) in [7, 11) is 1.72. The lowest BCUT2D eigenvalue weighted by Gasteiger charge is -2.30. The maximum atomic E-state index is 15.3. The molecule has 9 atom stereocenters. The van der Waals surface area contributed by atoms with E-state index in [2.05, 4.69) is 63.5 Å². The van der Waals surface area contributed by atoms with Crippen LogP contribution in [0.5, 0.6) is 11.5 Å². The van der Waals surface area contributed by atoms with Crippen molar-refractivity contribution < 1.29 is 87.5 Å². The number of aliphatic carboxylic acids is 2. The summed E-state index contributed by atoms with van der Waals surface area (Å²) in [6.45, 7) is -0.871. The summed E-state index contributed by atoms with van der Waals surface area (Å²) in [5, 5.41) is 77.3. The number of fused-ring (bicyclic) bond motifs is 1. The Morgan fingerprint density at radius 3 is 1.79 bits per heavy atom. The van der Waals surface area contributed by atoms with E-state index in [1.807, 2.05) is 0 Å². The number of carbonyl (C=O) groups is 14. The third kappa shape index (κ3) is 27.3. The molecule has 2 heterocycles. The Morgan fingerprint density at radius 2 is 1.17 bits per heavy atom. The van der Waals surface area contributed by atoms with Crippen LogP contribution in [-0.2, 0) is 86.4 Å². The number of carboxylic acids is 2. The molecule has 2 saturated carbocycles. The van der Waals surface area contributed by atoms with Gasteiger partial charge in [-0.2, -0.15) is 0 Å². The minimum atomic E-state index is -1.76. The number of amides is 12. The van der Waals surface area contributed by atoms with E-state index in [4.69, 9.17) is 22.6 Å². The highest BCUT2D eigenvalue weighted by Gasteiger charge is 2.40. The lowest BCUT2D eigenvalue weighted by Crippen LogP contribution is -2.61. The van der Waals surface area contributed by atoms with Crippen molar-refractivity contribution in [2.24, 2.45) is 23.1 Å². The van der Waals surface area contributed by atoms with Gasteiger partial charge in [0.15, 0.2) is 5.96 Å². The number of carbonyl (C=O) groups excluding carboxylic acids is 12. The Bertz CT molecular complexity index is 3840. The van der Waals surface area contributed by atoms with Gasteiger partial charge in [0.2, 0.25) is 70.9 Å². The summed E-state index contributed by atoms with van der Waals surface area (Å²) in [5.74, 6) is -15.8. The van der Waals surface area contributed by atoms with E-state index in [0.717, 1.165) is 34.4 Å². The fraction of sp³-hybridized carbons (Fsp3) is 0.507. The summed E-state index contributed by atoms with van der Waals surface area (Å²) in [5.41, 5.74) is 19.1. The van der Waals surface area contributed by atoms with Gasteiger partial charge >= 0.3 is 11.9 Å². The van der Waals surface area contributed by atoms with Crippen LogP contribution in [0.2, 0.25) is 0 Å². The molecule has 35 nitrogen and oxygen atoms in total. The summed E-state index contributed by atoms with van der Waals surface area (Å²) < 4.78 is 0. The number of nitrogens with zero attached hydrogens (tertiary/aromatic N) is 1. The molecule has 7 rings (SSSR count). The maximum Gasteiger partial charge on any atom is 0.303 e. The van der Waals surface area contributed by atoms with Gasteiger partial charge in [-0.25, -0.2) is 0 Å². The molecule has 2 aliphatic carbocycles. The smallest absolute Gasteiger partial charge is 0.303 e. The van der Waals surface area contributed by atoms with Crippen LogP contribution < -0.4 is 75.7 Å². The fourth-order valence-electron chi connectivity index (χ4n) is 12.9. The van der Waals surface area contributed by atoms with Crippen LogP contribution in [0.1, 0.15) is 119 Å². The van der Waals surface area contributed by atoms with Crippen molar-refractivity contribution in [3.8, 4) is 11.5 Å². The SMILES string of the molecule is N=C(N)NCCC[C@@H]1NC(=O)[C@H](Cc2ccc(O)cc2)NC(=O)[C@H](C2CCCC2)NC(=O)[C@@H](NC(=O)[C@H](Cc2ccc(O)cc2)NC(=O)CN(C(=O)CCN)C2CCCC2)CSSC[C@@H](C(N)=O)NC(=O)[C@H](CCC(=O)O)NC(=O)[C@H](Cc2c[nH]c3ccccc23)NC(=O)[C@H](CCC(=O)O)NC(=O)CCNC1=O. The molecule has 3 aromatic carbocycles. The number of guanidine groups is 1. The third-order valence-electron chi connectivity index (χ3n) is 18.7. The molecule has 1 aromatic heterocycles. The van der Waals surface area contributed by atoms with Crippen molar-refractivity contribution in [1.82, 2.24) is 68.4 Å².